The zero-order valence-electron chi connectivity index (χ0n) is 11.3. The monoisotopic (exact) mass is 282 g/mol. The lowest BCUT2D eigenvalue weighted by atomic mass is 9.99. The maximum atomic E-state index is 12.3. The molecule has 110 valence electrons. The summed E-state index contributed by atoms with van der Waals surface area (Å²) in [6, 6.07) is 3.39. The molecule has 2 rings (SSSR count). The summed E-state index contributed by atoms with van der Waals surface area (Å²) >= 11 is 0. The summed E-state index contributed by atoms with van der Waals surface area (Å²) in [5.74, 6) is -1.49. The van der Waals surface area contributed by atoms with E-state index in [0.29, 0.717) is 25.5 Å². The zero-order valence-corrected chi connectivity index (χ0v) is 11.3. The lowest BCUT2D eigenvalue weighted by Gasteiger charge is -2.24. The van der Waals surface area contributed by atoms with Gasteiger partial charge in [0, 0.05) is 32.9 Å². The fourth-order valence-corrected chi connectivity index (χ4v) is 2.17. The van der Waals surface area contributed by atoms with Crippen LogP contribution >= 0.6 is 0 Å². The van der Waals surface area contributed by atoms with Crippen LogP contribution in [0.5, 0.6) is 0 Å². The predicted molar refractivity (Wildman–Crippen MR) is 69.6 cm³/mol. The third-order valence-corrected chi connectivity index (χ3v) is 3.38. The van der Waals surface area contributed by atoms with E-state index in [4.69, 9.17) is 9.47 Å². The van der Waals surface area contributed by atoms with E-state index in [1.54, 1.807) is 30.0 Å². The van der Waals surface area contributed by atoms with Crippen LogP contribution in [-0.4, -0.2) is 54.0 Å². The van der Waals surface area contributed by atoms with Crippen LogP contribution in [0.3, 0.4) is 0 Å². The van der Waals surface area contributed by atoms with Crippen molar-refractivity contribution >= 4 is 11.9 Å². The van der Waals surface area contributed by atoms with Crippen molar-refractivity contribution in [1.29, 1.82) is 0 Å². The topological polar surface area (TPSA) is 89.8 Å². The van der Waals surface area contributed by atoms with Crippen LogP contribution < -0.4 is 5.32 Å². The summed E-state index contributed by atoms with van der Waals surface area (Å²) in [7, 11) is 1.58. The molecule has 0 spiro atoms. The molecule has 1 aliphatic heterocycles. The first kappa shape index (κ1) is 14.5. The molecule has 1 unspecified atom stereocenters. The number of hydrogen-bond acceptors (Lipinski definition) is 4. The van der Waals surface area contributed by atoms with Crippen LogP contribution in [0.25, 0.3) is 0 Å². The lowest BCUT2D eigenvalue weighted by Crippen LogP contribution is -2.55. The van der Waals surface area contributed by atoms with Crippen molar-refractivity contribution < 1.29 is 24.2 Å². The molecule has 2 N–H and O–H groups in total. The number of aromatic nitrogens is 1. The summed E-state index contributed by atoms with van der Waals surface area (Å²) in [4.78, 5) is 23.6. The molecule has 2 heterocycles. The molecule has 1 aliphatic rings. The second-order valence-corrected chi connectivity index (χ2v) is 4.72. The number of rotatable bonds is 6. The van der Waals surface area contributed by atoms with E-state index in [1.165, 1.54) is 0 Å². The summed E-state index contributed by atoms with van der Waals surface area (Å²) in [6.07, 6.45) is 2.03. The van der Waals surface area contributed by atoms with E-state index < -0.39 is 17.4 Å². The average Bonchev–Trinajstić information content (AvgIpc) is 3.05. The number of carbonyl (C=O) groups is 2. The van der Waals surface area contributed by atoms with Gasteiger partial charge < -0.3 is 24.5 Å². The number of aliphatic carboxylic acids is 1. The van der Waals surface area contributed by atoms with Crippen molar-refractivity contribution in [2.24, 2.45) is 0 Å². The molecule has 20 heavy (non-hydrogen) atoms. The van der Waals surface area contributed by atoms with Crippen molar-refractivity contribution in [3.63, 3.8) is 0 Å². The molecule has 1 aromatic rings. The molecular weight excluding hydrogens is 264 g/mol. The molecule has 1 amide bonds. The lowest BCUT2D eigenvalue weighted by molar-refractivity contribution is -0.144. The van der Waals surface area contributed by atoms with E-state index in [-0.39, 0.29) is 13.0 Å². The number of nitrogens with one attached hydrogen (secondary N) is 1. The van der Waals surface area contributed by atoms with Gasteiger partial charge >= 0.3 is 5.97 Å². The van der Waals surface area contributed by atoms with E-state index >= 15 is 0 Å². The minimum atomic E-state index is -1.33. The van der Waals surface area contributed by atoms with Crippen LogP contribution in [-0.2, 0) is 20.8 Å². The van der Waals surface area contributed by atoms with Crippen molar-refractivity contribution in [2.75, 3.05) is 26.9 Å². The van der Waals surface area contributed by atoms with Gasteiger partial charge in [-0.1, -0.05) is 0 Å². The highest BCUT2D eigenvalue weighted by Crippen LogP contribution is 2.20. The Morgan fingerprint density at radius 2 is 2.40 bits per heavy atom. The maximum Gasteiger partial charge on any atom is 0.331 e. The molecule has 0 saturated carbocycles. The fraction of sp³-hybridized carbons (Fsp3) is 0.538. The molecule has 1 aromatic heterocycles. The number of ether oxygens (including phenoxy) is 2. The summed E-state index contributed by atoms with van der Waals surface area (Å²) < 4.78 is 11.8. The second kappa shape index (κ2) is 6.06. The standard InChI is InChI=1S/C13H18N2O5/c1-19-8-6-15-5-2-3-10(15)11(16)14-13(12(17)18)4-7-20-9-13/h2-3,5H,4,6-9H2,1H3,(H,14,16)(H,17,18). The van der Waals surface area contributed by atoms with Crippen molar-refractivity contribution in [3.8, 4) is 0 Å². The van der Waals surface area contributed by atoms with Gasteiger partial charge in [-0.2, -0.15) is 0 Å². The molecular formula is C13H18N2O5. The first-order chi connectivity index (χ1) is 9.59. The number of carbonyl (C=O) groups excluding carboxylic acids is 1. The van der Waals surface area contributed by atoms with Gasteiger partial charge in [-0.15, -0.1) is 0 Å². The molecule has 7 nitrogen and oxygen atoms in total. The molecule has 0 aromatic carbocycles. The first-order valence-corrected chi connectivity index (χ1v) is 6.37. The molecule has 0 bridgehead atoms. The van der Waals surface area contributed by atoms with Crippen LogP contribution in [0.4, 0.5) is 0 Å². The average molecular weight is 282 g/mol. The molecule has 7 heteroatoms. The van der Waals surface area contributed by atoms with Gasteiger partial charge in [-0.25, -0.2) is 4.79 Å². The third kappa shape index (κ3) is 2.83. The molecule has 0 radical (unpaired) electrons. The number of amides is 1. The van der Waals surface area contributed by atoms with E-state index in [1.807, 2.05) is 0 Å². The van der Waals surface area contributed by atoms with Gasteiger partial charge in [-0.3, -0.25) is 4.79 Å². The Kier molecular flexibility index (Phi) is 4.41. The Labute approximate surface area is 116 Å². The Morgan fingerprint density at radius 3 is 3.00 bits per heavy atom. The van der Waals surface area contributed by atoms with E-state index in [0.717, 1.165) is 0 Å². The first-order valence-electron chi connectivity index (χ1n) is 6.37. The van der Waals surface area contributed by atoms with E-state index in [2.05, 4.69) is 5.32 Å². The minimum absolute atomic E-state index is 0.00709. The van der Waals surface area contributed by atoms with Crippen LogP contribution in [0.1, 0.15) is 16.9 Å². The number of carboxylic acids is 1. The molecule has 0 aliphatic carbocycles. The highest BCUT2D eigenvalue weighted by Gasteiger charge is 2.44. The van der Waals surface area contributed by atoms with Crippen molar-refractivity contribution in [1.82, 2.24) is 9.88 Å². The normalized spacial score (nSPS) is 21.9. The molecule has 1 fully saturated rings. The van der Waals surface area contributed by atoms with Crippen molar-refractivity contribution in [3.05, 3.63) is 24.0 Å². The quantitative estimate of drug-likeness (QED) is 0.773. The Balaban J connectivity index is 2.11. The maximum absolute atomic E-state index is 12.3. The molecule has 1 saturated heterocycles. The highest BCUT2D eigenvalue weighted by atomic mass is 16.5. The molecule has 1 atom stereocenters. The number of hydrogen-bond donors (Lipinski definition) is 2. The summed E-state index contributed by atoms with van der Waals surface area (Å²) in [5.41, 5.74) is -0.914. The van der Waals surface area contributed by atoms with Crippen molar-refractivity contribution in [2.45, 2.75) is 18.5 Å². The van der Waals surface area contributed by atoms with Gasteiger partial charge in [0.05, 0.1) is 13.2 Å². The minimum Gasteiger partial charge on any atom is -0.479 e. The van der Waals surface area contributed by atoms with Crippen LogP contribution in [0.15, 0.2) is 18.3 Å². The zero-order chi connectivity index (χ0) is 14.6. The highest BCUT2D eigenvalue weighted by molar-refractivity contribution is 5.97. The fourth-order valence-electron chi connectivity index (χ4n) is 2.17. The van der Waals surface area contributed by atoms with Gasteiger partial charge in [-0.05, 0) is 12.1 Å². The smallest absolute Gasteiger partial charge is 0.331 e. The SMILES string of the molecule is COCCn1cccc1C(=O)NC1(C(=O)O)CCOC1. The predicted octanol–water partition coefficient (Wildman–Crippen LogP) is 0.108. The number of nitrogens with zero attached hydrogens (tertiary/aromatic N) is 1. The third-order valence-electron chi connectivity index (χ3n) is 3.38. The Bertz CT molecular complexity index is 491. The number of methoxy groups -OCH3 is 1. The van der Waals surface area contributed by atoms with Gasteiger partial charge in [0.15, 0.2) is 5.54 Å². The van der Waals surface area contributed by atoms with Gasteiger partial charge in [0.1, 0.15) is 5.69 Å². The van der Waals surface area contributed by atoms with Crippen LogP contribution in [0.2, 0.25) is 0 Å². The largest absolute Gasteiger partial charge is 0.479 e. The summed E-state index contributed by atoms with van der Waals surface area (Å²) in [6.45, 7) is 1.33. The summed E-state index contributed by atoms with van der Waals surface area (Å²) in [5, 5.41) is 11.9. The Hall–Kier alpha value is -1.86. The van der Waals surface area contributed by atoms with E-state index in [9.17, 15) is 14.7 Å². The van der Waals surface area contributed by atoms with Gasteiger partial charge in [0.25, 0.3) is 5.91 Å². The van der Waals surface area contributed by atoms with Crippen LogP contribution in [0, 0.1) is 0 Å². The van der Waals surface area contributed by atoms with Gasteiger partial charge in [0.2, 0.25) is 0 Å². The Morgan fingerprint density at radius 1 is 1.60 bits per heavy atom. The second-order valence-electron chi connectivity index (χ2n) is 4.72. The number of carboxylic acid groups (broad SMARTS) is 1.